The van der Waals surface area contributed by atoms with E-state index in [0.717, 1.165) is 24.5 Å². The maximum absolute atomic E-state index is 12.6. The number of hydrogen-bond acceptors (Lipinski definition) is 4. The van der Waals surface area contributed by atoms with Gasteiger partial charge in [-0.2, -0.15) is 0 Å². The van der Waals surface area contributed by atoms with Crippen LogP contribution >= 0.6 is 0 Å². The maximum atomic E-state index is 12.6. The molecule has 0 atom stereocenters. The fourth-order valence-corrected chi connectivity index (χ4v) is 4.72. The summed E-state index contributed by atoms with van der Waals surface area (Å²) in [5, 5.41) is 2.99. The zero-order valence-corrected chi connectivity index (χ0v) is 18.9. The van der Waals surface area contributed by atoms with Crippen LogP contribution in [0.1, 0.15) is 50.5 Å². The van der Waals surface area contributed by atoms with E-state index in [0.29, 0.717) is 24.8 Å². The van der Waals surface area contributed by atoms with Crippen molar-refractivity contribution in [3.63, 3.8) is 0 Å². The van der Waals surface area contributed by atoms with Gasteiger partial charge in [0, 0.05) is 33.1 Å². The number of piperazine rings is 1. The second kappa shape index (κ2) is 10.5. The van der Waals surface area contributed by atoms with Crippen LogP contribution in [0.3, 0.4) is 0 Å². The molecule has 2 fully saturated rings. The molecule has 6 nitrogen and oxygen atoms in total. The van der Waals surface area contributed by atoms with Crippen molar-refractivity contribution in [1.29, 1.82) is 0 Å². The Hall–Kier alpha value is -3.02. The number of benzene rings is 2. The average molecular weight is 436 g/mol. The van der Waals surface area contributed by atoms with Gasteiger partial charge in [0.2, 0.25) is 5.91 Å². The van der Waals surface area contributed by atoms with Crippen molar-refractivity contribution in [3.8, 4) is 5.75 Å². The van der Waals surface area contributed by atoms with Gasteiger partial charge in [-0.1, -0.05) is 43.5 Å². The van der Waals surface area contributed by atoms with Gasteiger partial charge in [-0.25, -0.2) is 0 Å². The zero-order chi connectivity index (χ0) is 22.3. The highest BCUT2D eigenvalue weighted by atomic mass is 16.5. The number of ether oxygens (including phenoxy) is 1. The highest BCUT2D eigenvalue weighted by molar-refractivity contribution is 5.95. The molecule has 1 saturated carbocycles. The van der Waals surface area contributed by atoms with Crippen LogP contribution in [0.15, 0.2) is 48.5 Å². The summed E-state index contributed by atoms with van der Waals surface area (Å²) in [6, 6.07) is 16.0. The van der Waals surface area contributed by atoms with E-state index < -0.39 is 0 Å². The first-order valence-corrected chi connectivity index (χ1v) is 11.7. The largest absolute Gasteiger partial charge is 0.484 e. The molecular weight excluding hydrogens is 402 g/mol. The van der Waals surface area contributed by atoms with Crippen LogP contribution in [0, 0.1) is 0 Å². The molecule has 1 heterocycles. The number of amides is 2. The van der Waals surface area contributed by atoms with Crippen molar-refractivity contribution in [2.45, 2.75) is 44.9 Å². The van der Waals surface area contributed by atoms with Crippen LogP contribution in [-0.4, -0.2) is 49.5 Å². The first-order chi connectivity index (χ1) is 15.6. The highest BCUT2D eigenvalue weighted by Crippen LogP contribution is 2.33. The summed E-state index contributed by atoms with van der Waals surface area (Å²) in [5.74, 6) is 1.30. The van der Waals surface area contributed by atoms with Crippen molar-refractivity contribution in [2.75, 3.05) is 43.0 Å². The van der Waals surface area contributed by atoms with Crippen LogP contribution in [0.25, 0.3) is 0 Å². The smallest absolute Gasteiger partial charge is 0.262 e. The van der Waals surface area contributed by atoms with Crippen LogP contribution in [0.5, 0.6) is 5.75 Å². The molecule has 2 aliphatic rings. The second-order valence-electron chi connectivity index (χ2n) is 8.75. The molecular formula is C26H33N3O3. The number of anilines is 2. The third kappa shape index (κ3) is 5.61. The predicted octanol–water partition coefficient (Wildman–Crippen LogP) is 4.42. The van der Waals surface area contributed by atoms with E-state index in [1.807, 2.05) is 41.3 Å². The van der Waals surface area contributed by atoms with Gasteiger partial charge in [-0.3, -0.25) is 9.59 Å². The predicted molar refractivity (Wildman–Crippen MR) is 127 cm³/mol. The van der Waals surface area contributed by atoms with E-state index in [9.17, 15) is 9.59 Å². The third-order valence-electron chi connectivity index (χ3n) is 6.57. The summed E-state index contributed by atoms with van der Waals surface area (Å²) in [6.07, 6.45) is 6.52. The first-order valence-electron chi connectivity index (χ1n) is 11.7. The van der Waals surface area contributed by atoms with Crippen molar-refractivity contribution in [1.82, 2.24) is 4.90 Å². The van der Waals surface area contributed by atoms with Crippen molar-refractivity contribution < 1.29 is 14.3 Å². The lowest BCUT2D eigenvalue weighted by Crippen LogP contribution is -2.48. The molecule has 0 bridgehead atoms. The van der Waals surface area contributed by atoms with Gasteiger partial charge >= 0.3 is 0 Å². The van der Waals surface area contributed by atoms with E-state index in [1.54, 1.807) is 6.92 Å². The number of hydrogen-bond donors (Lipinski definition) is 1. The van der Waals surface area contributed by atoms with Crippen LogP contribution in [0.4, 0.5) is 11.4 Å². The highest BCUT2D eigenvalue weighted by Gasteiger charge is 2.21. The van der Waals surface area contributed by atoms with Gasteiger partial charge in [0.15, 0.2) is 6.61 Å². The number of carbonyl (C=O) groups is 2. The van der Waals surface area contributed by atoms with Crippen LogP contribution in [0.2, 0.25) is 0 Å². The molecule has 0 aromatic heterocycles. The molecule has 1 N–H and O–H groups in total. The standard InChI is InChI=1S/C26H33N3O3/c1-20(30)28-15-17-29(18-16-28)25-10-6-5-9-24(25)27-26(31)19-32-23-13-11-22(12-14-23)21-7-3-2-4-8-21/h5-6,9-14,21H,2-4,7-8,15-19H2,1H3,(H,27,31). The minimum Gasteiger partial charge on any atom is -0.484 e. The molecule has 32 heavy (non-hydrogen) atoms. The Bertz CT molecular complexity index is 914. The van der Waals surface area contributed by atoms with E-state index in [4.69, 9.17) is 4.74 Å². The average Bonchev–Trinajstić information content (AvgIpc) is 2.84. The molecule has 1 aliphatic carbocycles. The van der Waals surface area contributed by atoms with Crippen molar-refractivity contribution >= 4 is 23.2 Å². The molecule has 1 saturated heterocycles. The normalized spacial score (nSPS) is 17.2. The quantitative estimate of drug-likeness (QED) is 0.730. The summed E-state index contributed by atoms with van der Waals surface area (Å²) in [4.78, 5) is 28.2. The van der Waals surface area contributed by atoms with Crippen molar-refractivity contribution in [3.05, 3.63) is 54.1 Å². The summed E-state index contributed by atoms with van der Waals surface area (Å²) < 4.78 is 5.74. The second-order valence-corrected chi connectivity index (χ2v) is 8.75. The van der Waals surface area contributed by atoms with Crippen LogP contribution in [-0.2, 0) is 9.59 Å². The minimum atomic E-state index is -0.184. The van der Waals surface area contributed by atoms with Gasteiger partial charge in [0.05, 0.1) is 11.4 Å². The van der Waals surface area contributed by atoms with Gasteiger partial charge in [0.1, 0.15) is 5.75 Å². The number of nitrogens with one attached hydrogen (secondary N) is 1. The molecule has 170 valence electrons. The fraction of sp³-hybridized carbons (Fsp3) is 0.462. The third-order valence-corrected chi connectivity index (χ3v) is 6.57. The van der Waals surface area contributed by atoms with E-state index in [1.165, 1.54) is 37.7 Å². The Balaban J connectivity index is 1.30. The molecule has 1 aliphatic heterocycles. The SMILES string of the molecule is CC(=O)N1CCN(c2ccccc2NC(=O)COc2ccc(C3CCCCC3)cc2)CC1. The van der Waals surface area contributed by atoms with Crippen molar-refractivity contribution in [2.24, 2.45) is 0 Å². The molecule has 2 aromatic rings. The molecule has 6 heteroatoms. The zero-order valence-electron chi connectivity index (χ0n) is 18.9. The topological polar surface area (TPSA) is 61.9 Å². The Morgan fingerprint density at radius 2 is 1.62 bits per heavy atom. The molecule has 2 aromatic carbocycles. The minimum absolute atomic E-state index is 0.0325. The molecule has 4 rings (SSSR count). The summed E-state index contributed by atoms with van der Waals surface area (Å²) in [6.45, 7) is 4.45. The van der Waals surface area contributed by atoms with Gasteiger partial charge in [-0.05, 0) is 48.6 Å². The fourth-order valence-electron chi connectivity index (χ4n) is 4.72. The summed E-state index contributed by atoms with van der Waals surface area (Å²) >= 11 is 0. The molecule has 0 radical (unpaired) electrons. The Morgan fingerprint density at radius 1 is 0.938 bits per heavy atom. The number of rotatable bonds is 6. The summed E-state index contributed by atoms with van der Waals surface area (Å²) in [7, 11) is 0. The van der Waals surface area contributed by atoms with Gasteiger partial charge in [-0.15, -0.1) is 0 Å². The molecule has 0 spiro atoms. The lowest BCUT2D eigenvalue weighted by molar-refractivity contribution is -0.129. The Kier molecular flexibility index (Phi) is 7.30. The molecule has 0 unspecified atom stereocenters. The lowest BCUT2D eigenvalue weighted by atomic mass is 9.84. The monoisotopic (exact) mass is 435 g/mol. The van der Waals surface area contributed by atoms with E-state index in [-0.39, 0.29) is 18.4 Å². The Morgan fingerprint density at radius 3 is 2.31 bits per heavy atom. The molecule has 2 amide bonds. The van der Waals surface area contributed by atoms with Gasteiger partial charge in [0.25, 0.3) is 5.91 Å². The maximum Gasteiger partial charge on any atom is 0.262 e. The van der Waals surface area contributed by atoms with Gasteiger partial charge < -0.3 is 19.9 Å². The number of carbonyl (C=O) groups excluding carboxylic acids is 2. The Labute approximate surface area is 190 Å². The van der Waals surface area contributed by atoms with E-state index in [2.05, 4.69) is 22.3 Å². The first kappa shape index (κ1) is 22.2. The number of nitrogens with zero attached hydrogens (tertiary/aromatic N) is 2. The number of para-hydroxylation sites is 2. The lowest BCUT2D eigenvalue weighted by Gasteiger charge is -2.36. The van der Waals surface area contributed by atoms with Crippen LogP contribution < -0.4 is 15.0 Å². The van der Waals surface area contributed by atoms with E-state index >= 15 is 0 Å². The summed E-state index contributed by atoms with van der Waals surface area (Å²) in [5.41, 5.74) is 3.12.